The van der Waals surface area contributed by atoms with Crippen LogP contribution < -0.4 is 10.9 Å². The fourth-order valence-corrected chi connectivity index (χ4v) is 4.14. The summed E-state index contributed by atoms with van der Waals surface area (Å²) in [7, 11) is 1.59. The van der Waals surface area contributed by atoms with Crippen LogP contribution in [-0.2, 0) is 17.0 Å². The molecule has 0 spiro atoms. The quantitative estimate of drug-likeness (QED) is 0.310. The molecule has 1 heterocycles. The van der Waals surface area contributed by atoms with E-state index in [1.807, 2.05) is 0 Å². The molecule has 0 radical (unpaired) electrons. The van der Waals surface area contributed by atoms with Gasteiger partial charge >= 0.3 is 0 Å². The number of hydrogen-bond acceptors (Lipinski definition) is 5. The number of fused-ring (bicyclic) bond motifs is 1. The molecule has 0 aliphatic rings. The van der Waals surface area contributed by atoms with Crippen molar-refractivity contribution in [3.8, 4) is 0 Å². The van der Waals surface area contributed by atoms with Crippen molar-refractivity contribution >= 4 is 28.6 Å². The third-order valence-corrected chi connectivity index (χ3v) is 5.86. The van der Waals surface area contributed by atoms with Gasteiger partial charge in [-0.15, -0.1) is 0 Å². The Balaban J connectivity index is 1.95. The number of aromatic nitrogens is 2. The average Bonchev–Trinajstić information content (AvgIpc) is 2.75. The van der Waals surface area contributed by atoms with E-state index in [9.17, 15) is 9.59 Å². The standard InChI is InChI=1S/C24H29N3O3S/c1-16(2)14-27-23(29)20-10-9-19(22(28)25-11-12-30-4)13-21(20)26-24(27)31-15-18-7-5-17(3)6-8-18/h5-10,13,16H,11-12,14-15H2,1-4H3,(H,25,28). The minimum Gasteiger partial charge on any atom is -0.383 e. The van der Waals surface area contributed by atoms with Crippen molar-refractivity contribution in [1.82, 2.24) is 14.9 Å². The van der Waals surface area contributed by atoms with Crippen LogP contribution >= 0.6 is 11.8 Å². The molecule has 0 fully saturated rings. The van der Waals surface area contributed by atoms with Gasteiger partial charge in [0, 0.05) is 31.5 Å². The third-order valence-electron chi connectivity index (χ3n) is 4.81. The molecule has 3 aromatic rings. The Kier molecular flexibility index (Phi) is 7.87. The Morgan fingerprint density at radius 3 is 2.61 bits per heavy atom. The highest BCUT2D eigenvalue weighted by atomic mass is 32.2. The Labute approximate surface area is 187 Å². The van der Waals surface area contributed by atoms with Gasteiger partial charge in [0.2, 0.25) is 0 Å². The number of thioether (sulfide) groups is 1. The number of carbonyl (C=O) groups excluding carboxylic acids is 1. The predicted octanol–water partition coefficient (Wildman–Crippen LogP) is 4.03. The second-order valence-corrected chi connectivity index (χ2v) is 8.90. The Bertz CT molecular complexity index is 1110. The lowest BCUT2D eigenvalue weighted by atomic mass is 10.1. The van der Waals surface area contributed by atoms with Crippen LogP contribution in [0.3, 0.4) is 0 Å². The summed E-state index contributed by atoms with van der Waals surface area (Å²) < 4.78 is 6.72. The summed E-state index contributed by atoms with van der Waals surface area (Å²) in [5.74, 6) is 0.815. The molecule has 0 atom stereocenters. The summed E-state index contributed by atoms with van der Waals surface area (Å²) in [6.07, 6.45) is 0. The molecule has 164 valence electrons. The number of methoxy groups -OCH3 is 1. The van der Waals surface area contributed by atoms with Crippen LogP contribution in [0.15, 0.2) is 52.4 Å². The average molecular weight is 440 g/mol. The summed E-state index contributed by atoms with van der Waals surface area (Å²) in [6, 6.07) is 13.4. The Morgan fingerprint density at radius 1 is 1.19 bits per heavy atom. The van der Waals surface area contributed by atoms with Crippen LogP contribution in [0.5, 0.6) is 0 Å². The van der Waals surface area contributed by atoms with E-state index >= 15 is 0 Å². The number of ether oxygens (including phenoxy) is 1. The van der Waals surface area contributed by atoms with Gasteiger partial charge in [-0.1, -0.05) is 55.4 Å². The molecule has 2 aromatic carbocycles. The number of rotatable bonds is 9. The number of hydrogen-bond donors (Lipinski definition) is 1. The van der Waals surface area contributed by atoms with Crippen molar-refractivity contribution in [2.24, 2.45) is 5.92 Å². The van der Waals surface area contributed by atoms with Gasteiger partial charge in [0.15, 0.2) is 5.16 Å². The van der Waals surface area contributed by atoms with Gasteiger partial charge in [-0.05, 0) is 36.6 Å². The van der Waals surface area contributed by atoms with E-state index in [0.29, 0.717) is 53.0 Å². The third kappa shape index (κ3) is 5.95. The molecule has 7 heteroatoms. The number of nitrogens with one attached hydrogen (secondary N) is 1. The van der Waals surface area contributed by atoms with E-state index in [2.05, 4.69) is 50.4 Å². The van der Waals surface area contributed by atoms with E-state index in [1.54, 1.807) is 41.6 Å². The van der Waals surface area contributed by atoms with Gasteiger partial charge in [-0.25, -0.2) is 4.98 Å². The summed E-state index contributed by atoms with van der Waals surface area (Å²) in [6.45, 7) is 7.69. The highest BCUT2D eigenvalue weighted by molar-refractivity contribution is 7.98. The smallest absolute Gasteiger partial charge is 0.262 e. The van der Waals surface area contributed by atoms with Gasteiger partial charge in [0.25, 0.3) is 11.5 Å². The molecular weight excluding hydrogens is 410 g/mol. The molecule has 0 bridgehead atoms. The zero-order valence-electron chi connectivity index (χ0n) is 18.5. The van der Waals surface area contributed by atoms with Crippen LogP contribution in [-0.4, -0.2) is 35.7 Å². The minimum atomic E-state index is -0.207. The van der Waals surface area contributed by atoms with Gasteiger partial charge in [-0.2, -0.15) is 0 Å². The van der Waals surface area contributed by atoms with Gasteiger partial charge in [-0.3, -0.25) is 14.2 Å². The van der Waals surface area contributed by atoms with Crippen LogP contribution in [0.25, 0.3) is 10.9 Å². The van der Waals surface area contributed by atoms with E-state index < -0.39 is 0 Å². The van der Waals surface area contributed by atoms with Crippen LogP contribution in [0.2, 0.25) is 0 Å². The normalized spacial score (nSPS) is 11.3. The lowest BCUT2D eigenvalue weighted by molar-refractivity contribution is 0.0937. The first-order valence-electron chi connectivity index (χ1n) is 10.4. The largest absolute Gasteiger partial charge is 0.383 e. The second-order valence-electron chi connectivity index (χ2n) is 7.96. The Morgan fingerprint density at radius 2 is 1.94 bits per heavy atom. The Hall–Kier alpha value is -2.64. The molecule has 31 heavy (non-hydrogen) atoms. The number of benzene rings is 2. The SMILES string of the molecule is COCCNC(=O)c1ccc2c(=O)n(CC(C)C)c(SCc3ccc(C)cc3)nc2c1. The fourth-order valence-electron chi connectivity index (χ4n) is 3.18. The van der Waals surface area contributed by atoms with Crippen LogP contribution in [0.4, 0.5) is 0 Å². The molecule has 0 aliphatic heterocycles. The number of carbonyl (C=O) groups is 1. The van der Waals surface area contributed by atoms with E-state index in [4.69, 9.17) is 9.72 Å². The summed E-state index contributed by atoms with van der Waals surface area (Å²) in [4.78, 5) is 30.4. The van der Waals surface area contributed by atoms with E-state index in [-0.39, 0.29) is 11.5 Å². The van der Waals surface area contributed by atoms with Crippen LogP contribution in [0, 0.1) is 12.8 Å². The fraction of sp³-hybridized carbons (Fsp3) is 0.375. The zero-order chi connectivity index (χ0) is 22.4. The van der Waals surface area contributed by atoms with Gasteiger partial charge in [0.05, 0.1) is 17.5 Å². The van der Waals surface area contributed by atoms with Gasteiger partial charge < -0.3 is 10.1 Å². The van der Waals surface area contributed by atoms with Crippen molar-refractivity contribution in [3.63, 3.8) is 0 Å². The topological polar surface area (TPSA) is 73.2 Å². The van der Waals surface area contributed by atoms with E-state index in [1.165, 1.54) is 11.1 Å². The van der Waals surface area contributed by atoms with E-state index in [0.717, 1.165) is 0 Å². The number of aryl methyl sites for hydroxylation is 1. The molecule has 0 saturated carbocycles. The molecule has 1 N–H and O–H groups in total. The zero-order valence-corrected chi connectivity index (χ0v) is 19.3. The van der Waals surface area contributed by atoms with Crippen molar-refractivity contribution in [1.29, 1.82) is 0 Å². The highest BCUT2D eigenvalue weighted by Gasteiger charge is 2.15. The summed E-state index contributed by atoms with van der Waals surface area (Å²) >= 11 is 1.54. The maximum absolute atomic E-state index is 13.2. The molecule has 1 amide bonds. The lowest BCUT2D eigenvalue weighted by Gasteiger charge is -2.15. The molecule has 3 rings (SSSR count). The summed E-state index contributed by atoms with van der Waals surface area (Å²) in [5.41, 5.74) is 3.33. The van der Waals surface area contributed by atoms with Crippen LogP contribution in [0.1, 0.15) is 35.3 Å². The summed E-state index contributed by atoms with van der Waals surface area (Å²) in [5, 5.41) is 3.99. The predicted molar refractivity (Wildman–Crippen MR) is 126 cm³/mol. The number of nitrogens with zero attached hydrogens (tertiary/aromatic N) is 2. The lowest BCUT2D eigenvalue weighted by Crippen LogP contribution is -2.28. The van der Waals surface area contributed by atoms with Gasteiger partial charge in [0.1, 0.15) is 0 Å². The van der Waals surface area contributed by atoms with Crippen molar-refractivity contribution < 1.29 is 9.53 Å². The maximum Gasteiger partial charge on any atom is 0.262 e. The molecule has 0 unspecified atom stereocenters. The first-order valence-corrected chi connectivity index (χ1v) is 11.4. The molecule has 1 aromatic heterocycles. The van der Waals surface area contributed by atoms with Crippen molar-refractivity contribution in [2.45, 2.75) is 38.2 Å². The second kappa shape index (κ2) is 10.6. The monoisotopic (exact) mass is 439 g/mol. The first kappa shape index (κ1) is 23.0. The minimum absolute atomic E-state index is 0.0727. The highest BCUT2D eigenvalue weighted by Crippen LogP contribution is 2.23. The molecule has 0 aliphatic carbocycles. The molecule has 6 nitrogen and oxygen atoms in total. The van der Waals surface area contributed by atoms with Crippen molar-refractivity contribution in [3.05, 3.63) is 69.5 Å². The first-order chi connectivity index (χ1) is 14.9. The molecule has 0 saturated heterocycles. The van der Waals surface area contributed by atoms with Crippen molar-refractivity contribution in [2.75, 3.05) is 20.3 Å². The maximum atomic E-state index is 13.2. The number of amides is 1. The molecular formula is C24H29N3O3S.